The van der Waals surface area contributed by atoms with Crippen LogP contribution >= 0.6 is 0 Å². The van der Waals surface area contributed by atoms with E-state index in [4.69, 9.17) is 0 Å². The molecule has 0 aromatic rings. The van der Waals surface area contributed by atoms with Gasteiger partial charge in [0.25, 0.3) is 0 Å². The number of carbonyl (C=O) groups is 4. The summed E-state index contributed by atoms with van der Waals surface area (Å²) in [5.41, 5.74) is 0.00603. The molecule has 0 radical (unpaired) electrons. The maximum absolute atomic E-state index is 14.1. The number of hydrogen-bond donors (Lipinski definition) is 2. The zero-order chi connectivity index (χ0) is 32.6. The smallest absolute Gasteiger partial charge is 0.249 e. The molecule has 9 nitrogen and oxygen atoms in total. The van der Waals surface area contributed by atoms with Crippen LogP contribution in [0.3, 0.4) is 0 Å². The summed E-state index contributed by atoms with van der Waals surface area (Å²) < 4.78 is 0. The van der Waals surface area contributed by atoms with Gasteiger partial charge in [-0.15, -0.1) is 0 Å². The quantitative estimate of drug-likeness (QED) is 0.323. The summed E-state index contributed by atoms with van der Waals surface area (Å²) in [5.74, 6) is -0.00923. The van der Waals surface area contributed by atoms with Crippen LogP contribution in [0.25, 0.3) is 0 Å². The largest absolute Gasteiger partial charge is 0.354 e. The van der Waals surface area contributed by atoms with Crippen molar-refractivity contribution in [1.29, 1.82) is 0 Å². The Morgan fingerprint density at radius 3 is 2.09 bits per heavy atom. The number of amides is 4. The Hall–Kier alpha value is -2.42. The number of nitrogens with zero attached hydrogens (tertiary/aromatic N) is 3. The van der Waals surface area contributed by atoms with Gasteiger partial charge in [0.1, 0.15) is 12.1 Å². The molecule has 0 aromatic heterocycles. The summed E-state index contributed by atoms with van der Waals surface area (Å²) in [4.78, 5) is 59.8. The van der Waals surface area contributed by atoms with Crippen molar-refractivity contribution in [2.24, 2.45) is 17.3 Å². The third kappa shape index (κ3) is 10.0. The summed E-state index contributed by atoms with van der Waals surface area (Å²) in [6.45, 7) is 22.2. The van der Waals surface area contributed by atoms with Crippen molar-refractivity contribution >= 4 is 23.6 Å². The van der Waals surface area contributed by atoms with Gasteiger partial charge in [-0.3, -0.25) is 24.1 Å². The van der Waals surface area contributed by atoms with Gasteiger partial charge in [0, 0.05) is 31.8 Å². The first-order chi connectivity index (χ1) is 20.0. The van der Waals surface area contributed by atoms with E-state index >= 15 is 0 Å². The Kier molecular flexibility index (Phi) is 13.7. The average Bonchev–Trinajstić information content (AvgIpc) is 3.42. The number of hydrogen-bond acceptors (Lipinski definition) is 5. The molecule has 2 N–H and O–H groups in total. The van der Waals surface area contributed by atoms with E-state index in [1.807, 2.05) is 40.7 Å². The van der Waals surface area contributed by atoms with Crippen molar-refractivity contribution in [3.8, 4) is 0 Å². The maximum Gasteiger partial charge on any atom is 0.249 e. The zero-order valence-corrected chi connectivity index (χ0v) is 29.0. The number of likely N-dealkylation sites (N-methyl/N-ethyl adjacent to an activating group) is 1. The highest BCUT2D eigenvalue weighted by molar-refractivity contribution is 5.97. The van der Waals surface area contributed by atoms with Crippen molar-refractivity contribution in [1.82, 2.24) is 25.3 Å². The lowest BCUT2D eigenvalue weighted by atomic mass is 9.84. The Bertz CT molecular complexity index is 999. The fourth-order valence-electron chi connectivity index (χ4n) is 6.28. The standard InChI is InChI=1S/C34H61N5O4/c1-22(2)17-18-35-30(40)26-16-14-20-39(26)32(42)25(7)21-28(23(3)4)37(11)33(43)29(34(8,9)10)36-31(41)27-15-12-13-19-38(27)24(5)6/h21-24,26-29H,12-20H2,1-11H3,(H,35,40)(H,36,41)/t26-,27+,28+,29+/m0/s1. The van der Waals surface area contributed by atoms with Crippen LogP contribution < -0.4 is 10.6 Å². The minimum atomic E-state index is -0.718. The molecule has 0 saturated carbocycles. The summed E-state index contributed by atoms with van der Waals surface area (Å²) in [7, 11) is 1.76. The van der Waals surface area contributed by atoms with E-state index in [2.05, 4.69) is 43.2 Å². The molecule has 0 aromatic carbocycles. The summed E-state index contributed by atoms with van der Waals surface area (Å²) in [6.07, 6.45) is 7.07. The van der Waals surface area contributed by atoms with Gasteiger partial charge in [0.05, 0.1) is 12.1 Å². The number of piperidine rings is 1. The van der Waals surface area contributed by atoms with Gasteiger partial charge in [0.2, 0.25) is 23.6 Å². The first-order valence-electron chi connectivity index (χ1n) is 16.6. The van der Waals surface area contributed by atoms with E-state index in [1.54, 1.807) is 23.8 Å². The molecule has 2 saturated heterocycles. The van der Waals surface area contributed by atoms with Crippen LogP contribution in [0.15, 0.2) is 11.6 Å². The molecule has 43 heavy (non-hydrogen) atoms. The topological polar surface area (TPSA) is 102 Å². The van der Waals surface area contributed by atoms with E-state index in [1.165, 1.54) is 0 Å². The Balaban J connectivity index is 2.22. The predicted octanol–water partition coefficient (Wildman–Crippen LogP) is 4.36. The summed E-state index contributed by atoms with van der Waals surface area (Å²) >= 11 is 0. The second kappa shape index (κ2) is 16.1. The second-order valence-electron chi connectivity index (χ2n) is 14.8. The Morgan fingerprint density at radius 1 is 0.907 bits per heavy atom. The van der Waals surface area contributed by atoms with E-state index in [9.17, 15) is 19.2 Å². The van der Waals surface area contributed by atoms with Crippen LogP contribution in [0, 0.1) is 17.3 Å². The average molecular weight is 604 g/mol. The second-order valence-corrected chi connectivity index (χ2v) is 14.8. The Labute approximate surface area is 261 Å². The van der Waals surface area contributed by atoms with Crippen molar-refractivity contribution in [3.63, 3.8) is 0 Å². The number of rotatable bonds is 12. The third-order valence-electron chi connectivity index (χ3n) is 8.98. The molecular formula is C34H61N5O4. The molecule has 4 atom stereocenters. The van der Waals surface area contributed by atoms with Crippen LogP contribution in [0.2, 0.25) is 0 Å². The van der Waals surface area contributed by atoms with E-state index in [0.29, 0.717) is 31.0 Å². The van der Waals surface area contributed by atoms with Crippen LogP contribution in [0.5, 0.6) is 0 Å². The van der Waals surface area contributed by atoms with Gasteiger partial charge < -0.3 is 20.4 Å². The Morgan fingerprint density at radius 2 is 1.53 bits per heavy atom. The van der Waals surface area contributed by atoms with Gasteiger partial charge in [-0.2, -0.15) is 0 Å². The molecule has 246 valence electrons. The molecular weight excluding hydrogens is 542 g/mol. The molecule has 2 heterocycles. The molecule has 2 rings (SSSR count). The van der Waals surface area contributed by atoms with Crippen LogP contribution in [-0.2, 0) is 19.2 Å². The molecule has 0 aliphatic carbocycles. The third-order valence-corrected chi connectivity index (χ3v) is 8.98. The van der Waals surface area contributed by atoms with Gasteiger partial charge in [0.15, 0.2) is 0 Å². The normalized spacial score (nSPS) is 21.7. The van der Waals surface area contributed by atoms with E-state index < -0.39 is 17.5 Å². The zero-order valence-electron chi connectivity index (χ0n) is 29.0. The lowest BCUT2D eigenvalue weighted by Crippen LogP contribution is -2.60. The number of carbonyl (C=O) groups excluding carboxylic acids is 4. The molecule has 0 bridgehead atoms. The molecule has 2 fully saturated rings. The summed E-state index contributed by atoms with van der Waals surface area (Å²) in [6, 6.07) is -1.54. The van der Waals surface area contributed by atoms with E-state index in [-0.39, 0.29) is 47.7 Å². The molecule has 2 aliphatic heterocycles. The van der Waals surface area contributed by atoms with Crippen molar-refractivity contribution in [2.75, 3.05) is 26.7 Å². The first-order valence-corrected chi connectivity index (χ1v) is 16.6. The van der Waals surface area contributed by atoms with Gasteiger partial charge >= 0.3 is 0 Å². The molecule has 0 spiro atoms. The summed E-state index contributed by atoms with van der Waals surface area (Å²) in [5, 5.41) is 6.14. The molecule has 4 amide bonds. The predicted molar refractivity (Wildman–Crippen MR) is 173 cm³/mol. The lowest BCUT2D eigenvalue weighted by Gasteiger charge is -2.41. The van der Waals surface area contributed by atoms with Gasteiger partial charge in [-0.25, -0.2) is 0 Å². The number of likely N-dealkylation sites (tertiary alicyclic amines) is 2. The fraction of sp³-hybridized carbons (Fsp3) is 0.824. The van der Waals surface area contributed by atoms with Gasteiger partial charge in [-0.1, -0.05) is 61.0 Å². The van der Waals surface area contributed by atoms with Crippen LogP contribution in [-0.4, -0.2) is 95.2 Å². The van der Waals surface area contributed by atoms with Crippen molar-refractivity contribution in [3.05, 3.63) is 11.6 Å². The maximum atomic E-state index is 14.1. The van der Waals surface area contributed by atoms with Crippen LogP contribution in [0.4, 0.5) is 0 Å². The fourth-order valence-corrected chi connectivity index (χ4v) is 6.28. The molecule has 2 aliphatic rings. The minimum absolute atomic E-state index is 0.0245. The van der Waals surface area contributed by atoms with Crippen molar-refractivity contribution in [2.45, 2.75) is 138 Å². The highest BCUT2D eigenvalue weighted by atomic mass is 16.2. The minimum Gasteiger partial charge on any atom is -0.354 e. The lowest BCUT2D eigenvalue weighted by molar-refractivity contribution is -0.142. The molecule has 0 unspecified atom stereocenters. The monoisotopic (exact) mass is 603 g/mol. The highest BCUT2D eigenvalue weighted by Crippen LogP contribution is 2.27. The number of nitrogens with one attached hydrogen (secondary N) is 2. The van der Waals surface area contributed by atoms with Crippen LogP contribution in [0.1, 0.15) is 108 Å². The SMILES string of the molecule is CC(=C[C@H](C(C)C)N(C)C(=O)[C@@H](NC(=O)[C@H]1CCCCN1C(C)C)C(C)(C)C)C(=O)N1CCC[C@H]1C(=O)NCCC(C)C. The first kappa shape index (κ1) is 36.8. The van der Waals surface area contributed by atoms with Gasteiger partial charge in [-0.05, 0) is 76.7 Å². The van der Waals surface area contributed by atoms with E-state index in [0.717, 1.165) is 38.6 Å². The molecule has 9 heteroatoms. The van der Waals surface area contributed by atoms with Crippen molar-refractivity contribution < 1.29 is 19.2 Å². The highest BCUT2D eigenvalue weighted by Gasteiger charge is 2.40.